The molecule has 1 aliphatic heterocycles. The summed E-state index contributed by atoms with van der Waals surface area (Å²) in [5.41, 5.74) is 6.12. The van der Waals surface area contributed by atoms with Crippen LogP contribution in [0.5, 0.6) is 0 Å². The largest absolute Gasteiger partial charge is 0.394 e. The summed E-state index contributed by atoms with van der Waals surface area (Å²) in [6.45, 7) is -0.532. The fourth-order valence-electron chi connectivity index (χ4n) is 4.27. The number of carbonyl (C=O) groups excluding carboxylic acids is 1. The summed E-state index contributed by atoms with van der Waals surface area (Å²) >= 11 is 0. The molecule has 1 aliphatic rings. The third kappa shape index (κ3) is 4.57. The molecule has 4 atom stereocenters. The van der Waals surface area contributed by atoms with E-state index in [0.717, 1.165) is 12.1 Å². The maximum Gasteiger partial charge on any atom is 0.248 e. The highest BCUT2D eigenvalue weighted by Gasteiger charge is 2.41. The van der Waals surface area contributed by atoms with Crippen molar-refractivity contribution in [2.75, 3.05) is 6.61 Å². The van der Waals surface area contributed by atoms with E-state index in [0.29, 0.717) is 11.5 Å². The molecule has 0 bridgehead atoms. The van der Waals surface area contributed by atoms with Crippen molar-refractivity contribution in [3.63, 3.8) is 0 Å². The number of aliphatic hydroxyl groups is 2. The number of primary amides is 1. The average Bonchev–Trinajstić information content (AvgIpc) is 3.58. The summed E-state index contributed by atoms with van der Waals surface area (Å²) < 4.78 is 49.4. The maximum atomic E-state index is 13.7. The van der Waals surface area contributed by atoms with Gasteiger partial charge in [-0.3, -0.25) is 4.79 Å². The lowest BCUT2D eigenvalue weighted by Crippen LogP contribution is -2.45. The third-order valence-corrected chi connectivity index (χ3v) is 6.12. The van der Waals surface area contributed by atoms with E-state index in [4.69, 9.17) is 10.5 Å². The summed E-state index contributed by atoms with van der Waals surface area (Å²) in [6.07, 6.45) is -0.335. The monoisotopic (exact) mass is 515 g/mol. The molecule has 0 radical (unpaired) electrons. The number of carbonyl (C=O) groups is 1. The topological polar surface area (TPSA) is 154 Å². The van der Waals surface area contributed by atoms with Crippen molar-refractivity contribution in [3.05, 3.63) is 77.8 Å². The Labute approximate surface area is 206 Å². The second kappa shape index (κ2) is 9.72. The molecule has 0 aliphatic carbocycles. The van der Waals surface area contributed by atoms with Crippen LogP contribution >= 0.6 is 0 Å². The van der Waals surface area contributed by atoms with Gasteiger partial charge in [0, 0.05) is 17.5 Å². The van der Waals surface area contributed by atoms with Gasteiger partial charge in [0.1, 0.15) is 30.3 Å². The van der Waals surface area contributed by atoms with Crippen LogP contribution in [0.3, 0.4) is 0 Å². The standard InChI is InChI=1S/C23H20F3N7O4/c24-14-5-12(6-15(25)20(14)26)16-8-32(31-30-16)17-7-18(37-19(9-34)21(17)35)23-28-10-29-33(23)13-3-1-2-11(4-13)22(27)36/h1-6,8,10,17-19,21,34-35H,7,9H2,(H2,27,36)/t17-,18-,19-,21-/m1/s1. The SMILES string of the molecule is NC(=O)c1cccc(-n2ncnc2[C@H]2C[C@@H](n3cc(-c4cc(F)c(F)c(F)c4)nn3)[C@@H](O)[C@@H](CO)O2)c1. The van der Waals surface area contributed by atoms with Crippen LogP contribution in [-0.2, 0) is 4.74 Å². The normalized spacial score (nSPS) is 21.8. The van der Waals surface area contributed by atoms with Gasteiger partial charge in [-0.2, -0.15) is 5.10 Å². The lowest BCUT2D eigenvalue weighted by molar-refractivity contribution is -0.161. The molecule has 2 aromatic carbocycles. The molecular weight excluding hydrogens is 495 g/mol. The van der Waals surface area contributed by atoms with Crippen molar-refractivity contribution in [1.82, 2.24) is 29.8 Å². The maximum absolute atomic E-state index is 13.7. The zero-order chi connectivity index (χ0) is 26.3. The molecule has 11 nitrogen and oxygen atoms in total. The number of benzene rings is 2. The summed E-state index contributed by atoms with van der Waals surface area (Å²) in [7, 11) is 0. The van der Waals surface area contributed by atoms with Gasteiger partial charge in [0.15, 0.2) is 23.3 Å². The van der Waals surface area contributed by atoms with Crippen LogP contribution < -0.4 is 5.73 Å². The Morgan fingerprint density at radius 3 is 2.65 bits per heavy atom. The van der Waals surface area contributed by atoms with Crippen LogP contribution in [0.25, 0.3) is 16.9 Å². The average molecular weight is 515 g/mol. The molecule has 1 fully saturated rings. The number of amides is 1. The van der Waals surface area contributed by atoms with E-state index in [1.54, 1.807) is 18.2 Å². The Hall–Kier alpha value is -4.14. The first-order valence-electron chi connectivity index (χ1n) is 11.1. The van der Waals surface area contributed by atoms with Crippen LogP contribution in [0.2, 0.25) is 0 Å². The number of halogens is 3. The number of hydrogen-bond donors (Lipinski definition) is 3. The number of rotatable bonds is 6. The molecule has 1 saturated heterocycles. The van der Waals surface area contributed by atoms with Gasteiger partial charge in [0.05, 0.1) is 24.5 Å². The molecule has 0 unspecified atom stereocenters. The molecule has 5 rings (SSSR count). The van der Waals surface area contributed by atoms with Crippen LogP contribution in [0, 0.1) is 17.5 Å². The van der Waals surface area contributed by atoms with Gasteiger partial charge in [-0.1, -0.05) is 11.3 Å². The molecule has 4 N–H and O–H groups in total. The first kappa shape index (κ1) is 24.5. The fourth-order valence-corrected chi connectivity index (χ4v) is 4.27. The molecular formula is C23H20F3N7O4. The molecule has 4 aromatic rings. The minimum atomic E-state index is -1.60. The van der Waals surface area contributed by atoms with Crippen LogP contribution in [0.4, 0.5) is 13.2 Å². The van der Waals surface area contributed by atoms with Crippen LogP contribution in [-0.4, -0.2) is 64.7 Å². The highest BCUT2D eigenvalue weighted by Crippen LogP contribution is 2.38. The first-order valence-corrected chi connectivity index (χ1v) is 11.1. The van der Waals surface area contributed by atoms with E-state index in [1.165, 1.54) is 28.0 Å². The van der Waals surface area contributed by atoms with Crippen molar-refractivity contribution in [3.8, 4) is 16.9 Å². The lowest BCUT2D eigenvalue weighted by atomic mass is 9.95. The highest BCUT2D eigenvalue weighted by atomic mass is 19.2. The first-order chi connectivity index (χ1) is 17.8. The van der Waals surface area contributed by atoms with E-state index < -0.39 is 54.3 Å². The molecule has 14 heteroatoms. The Morgan fingerprint density at radius 2 is 1.95 bits per heavy atom. The number of nitrogens with two attached hydrogens (primary N) is 1. The molecule has 3 heterocycles. The van der Waals surface area contributed by atoms with Crippen molar-refractivity contribution in [2.24, 2.45) is 5.73 Å². The predicted octanol–water partition coefficient (Wildman–Crippen LogP) is 1.47. The summed E-state index contributed by atoms with van der Waals surface area (Å²) in [5, 5.41) is 32.8. The summed E-state index contributed by atoms with van der Waals surface area (Å²) in [6, 6.07) is 7.18. The van der Waals surface area contributed by atoms with Gasteiger partial charge in [-0.05, 0) is 30.3 Å². The second-order valence-electron chi connectivity index (χ2n) is 8.42. The molecule has 192 valence electrons. The van der Waals surface area contributed by atoms with Gasteiger partial charge in [-0.15, -0.1) is 5.10 Å². The second-order valence-corrected chi connectivity index (χ2v) is 8.42. The molecule has 0 saturated carbocycles. The van der Waals surface area contributed by atoms with Gasteiger partial charge < -0.3 is 20.7 Å². The van der Waals surface area contributed by atoms with Crippen LogP contribution in [0.1, 0.15) is 34.7 Å². The molecule has 37 heavy (non-hydrogen) atoms. The van der Waals surface area contributed by atoms with Crippen molar-refractivity contribution in [1.29, 1.82) is 0 Å². The predicted molar refractivity (Wildman–Crippen MR) is 120 cm³/mol. The van der Waals surface area contributed by atoms with E-state index in [1.807, 2.05) is 0 Å². The fraction of sp³-hybridized carbons (Fsp3) is 0.261. The quantitative estimate of drug-likeness (QED) is 0.326. The van der Waals surface area contributed by atoms with Gasteiger partial charge in [0.25, 0.3) is 0 Å². The van der Waals surface area contributed by atoms with Crippen molar-refractivity contribution >= 4 is 5.91 Å². The number of hydrogen-bond acceptors (Lipinski definition) is 8. The smallest absolute Gasteiger partial charge is 0.248 e. The minimum Gasteiger partial charge on any atom is -0.394 e. The van der Waals surface area contributed by atoms with Gasteiger partial charge in [-0.25, -0.2) is 27.5 Å². The summed E-state index contributed by atoms with van der Waals surface area (Å²) in [4.78, 5) is 15.9. The summed E-state index contributed by atoms with van der Waals surface area (Å²) in [5.74, 6) is -4.66. The zero-order valence-corrected chi connectivity index (χ0v) is 18.9. The van der Waals surface area contributed by atoms with E-state index >= 15 is 0 Å². The number of aliphatic hydroxyl groups excluding tert-OH is 2. The van der Waals surface area contributed by atoms with E-state index in [2.05, 4.69) is 20.4 Å². The number of aromatic nitrogens is 6. The Balaban J connectivity index is 1.47. The molecule has 1 amide bonds. The van der Waals surface area contributed by atoms with Gasteiger partial charge in [0.2, 0.25) is 5.91 Å². The number of nitrogens with zero attached hydrogens (tertiary/aromatic N) is 6. The number of ether oxygens (including phenoxy) is 1. The minimum absolute atomic E-state index is 0.0417. The Morgan fingerprint density at radius 1 is 1.19 bits per heavy atom. The van der Waals surface area contributed by atoms with Gasteiger partial charge >= 0.3 is 0 Å². The Kier molecular flexibility index (Phi) is 6.45. The molecule has 0 spiro atoms. The molecule has 2 aromatic heterocycles. The van der Waals surface area contributed by atoms with Crippen molar-refractivity contribution in [2.45, 2.75) is 30.8 Å². The van der Waals surface area contributed by atoms with E-state index in [9.17, 15) is 28.2 Å². The third-order valence-electron chi connectivity index (χ3n) is 6.12. The van der Waals surface area contributed by atoms with Crippen molar-refractivity contribution < 1.29 is 32.9 Å². The lowest BCUT2D eigenvalue weighted by Gasteiger charge is -2.38. The highest BCUT2D eigenvalue weighted by molar-refractivity contribution is 5.93. The van der Waals surface area contributed by atoms with Crippen LogP contribution in [0.15, 0.2) is 48.9 Å². The van der Waals surface area contributed by atoms with E-state index in [-0.39, 0.29) is 23.2 Å². The zero-order valence-electron chi connectivity index (χ0n) is 18.9. The Bertz CT molecular complexity index is 1440.